The van der Waals surface area contributed by atoms with Gasteiger partial charge in [-0.3, -0.25) is 14.0 Å². The van der Waals surface area contributed by atoms with E-state index in [2.05, 4.69) is 10.1 Å². The Hall–Kier alpha value is -3.21. The minimum atomic E-state index is -4.96. The molecule has 0 unspecified atom stereocenters. The molecule has 1 aliphatic rings. The van der Waals surface area contributed by atoms with Crippen LogP contribution in [0.1, 0.15) is 36.1 Å². The number of ether oxygens (including phenoxy) is 1. The van der Waals surface area contributed by atoms with Gasteiger partial charge in [0.2, 0.25) is 0 Å². The van der Waals surface area contributed by atoms with Crippen molar-refractivity contribution in [3.8, 4) is 5.82 Å². The number of halogens is 4. The number of aromatic nitrogens is 4. The van der Waals surface area contributed by atoms with Crippen LogP contribution in [0.2, 0.25) is 0 Å². The number of rotatable bonds is 5. The highest BCUT2D eigenvalue weighted by Crippen LogP contribution is 2.35. The third-order valence-corrected chi connectivity index (χ3v) is 5.84. The second-order valence-electron chi connectivity index (χ2n) is 8.32. The molecule has 0 aromatic carbocycles. The summed E-state index contributed by atoms with van der Waals surface area (Å²) in [5.74, 6) is -2.33. The average Bonchev–Trinajstić information content (AvgIpc) is 3.24. The number of anilines is 1. The minimum Gasteiger partial charge on any atom is -0.375 e. The van der Waals surface area contributed by atoms with Gasteiger partial charge in [-0.05, 0) is 44.0 Å². The molecular weight excluding hydrogens is 454 g/mol. The van der Waals surface area contributed by atoms with E-state index in [-0.39, 0.29) is 18.3 Å². The maximum absolute atomic E-state index is 15.2. The number of hydrogen-bond acceptors (Lipinski definition) is 5. The summed E-state index contributed by atoms with van der Waals surface area (Å²) in [4.78, 5) is 19.1. The molecule has 0 spiro atoms. The van der Waals surface area contributed by atoms with E-state index in [1.54, 1.807) is 41.9 Å². The summed E-state index contributed by atoms with van der Waals surface area (Å²) in [6.07, 6.45) is -0.303. The van der Waals surface area contributed by atoms with Crippen LogP contribution in [0.5, 0.6) is 0 Å². The third-order valence-electron chi connectivity index (χ3n) is 5.84. The van der Waals surface area contributed by atoms with Crippen LogP contribution in [0.4, 0.5) is 23.4 Å². The van der Waals surface area contributed by atoms with Crippen LogP contribution in [-0.2, 0) is 23.9 Å². The lowest BCUT2D eigenvalue weighted by Gasteiger charge is -2.32. The van der Waals surface area contributed by atoms with Gasteiger partial charge in [0.1, 0.15) is 5.82 Å². The van der Waals surface area contributed by atoms with E-state index >= 15 is 4.39 Å². The normalized spacial score (nSPS) is 16.8. The molecule has 1 fully saturated rings. The highest BCUT2D eigenvalue weighted by Gasteiger charge is 2.38. The maximum atomic E-state index is 15.2. The van der Waals surface area contributed by atoms with Crippen molar-refractivity contribution >= 4 is 5.82 Å². The van der Waals surface area contributed by atoms with Gasteiger partial charge < -0.3 is 9.64 Å². The van der Waals surface area contributed by atoms with Gasteiger partial charge in [-0.25, -0.2) is 9.37 Å². The smallest absolute Gasteiger partial charge is 0.375 e. The molecule has 0 radical (unpaired) electrons. The molecule has 0 aliphatic carbocycles. The van der Waals surface area contributed by atoms with Crippen LogP contribution in [0.3, 0.4) is 0 Å². The number of morpholine rings is 1. The standard InChI is InChI=1S/C23H25F4N5O2/c1-4-31-13-16(11-28-31)9-17-14(2)5-6-32(22(17)33)21-20(24)18(23(25,26)27)10-19(29-21)30-7-8-34-15(3)12-30/h5-6,10-11,13,15H,4,7-9,12H2,1-3H3/t15-/m1/s1. The van der Waals surface area contributed by atoms with Crippen molar-refractivity contribution in [2.45, 2.75) is 46.0 Å². The first-order valence-electron chi connectivity index (χ1n) is 11.0. The van der Waals surface area contributed by atoms with Crippen molar-refractivity contribution in [1.29, 1.82) is 0 Å². The zero-order chi connectivity index (χ0) is 24.6. The molecule has 7 nitrogen and oxygen atoms in total. The molecule has 1 atom stereocenters. The second kappa shape index (κ2) is 9.21. The minimum absolute atomic E-state index is 0.0582. The summed E-state index contributed by atoms with van der Waals surface area (Å²) in [5.41, 5.74) is -0.361. The molecule has 4 rings (SSSR count). The molecule has 34 heavy (non-hydrogen) atoms. The molecule has 1 aliphatic heterocycles. The van der Waals surface area contributed by atoms with Crippen molar-refractivity contribution in [2.75, 3.05) is 24.6 Å². The van der Waals surface area contributed by atoms with Gasteiger partial charge in [-0.15, -0.1) is 0 Å². The summed E-state index contributed by atoms with van der Waals surface area (Å²) < 4.78 is 64.4. The van der Waals surface area contributed by atoms with E-state index in [0.717, 1.165) is 10.1 Å². The van der Waals surface area contributed by atoms with Crippen molar-refractivity contribution in [2.24, 2.45) is 0 Å². The van der Waals surface area contributed by atoms with Gasteiger partial charge in [0, 0.05) is 44.0 Å². The highest BCUT2D eigenvalue weighted by molar-refractivity contribution is 5.49. The van der Waals surface area contributed by atoms with Crippen LogP contribution < -0.4 is 10.5 Å². The molecule has 3 aromatic heterocycles. The van der Waals surface area contributed by atoms with Crippen LogP contribution in [0, 0.1) is 12.7 Å². The molecule has 0 bridgehead atoms. The Kier molecular flexibility index (Phi) is 6.48. The van der Waals surface area contributed by atoms with E-state index in [1.807, 2.05) is 6.92 Å². The summed E-state index contributed by atoms with van der Waals surface area (Å²) >= 11 is 0. The number of pyridine rings is 2. The van der Waals surface area contributed by atoms with Crippen molar-refractivity contribution in [3.05, 3.63) is 69.1 Å². The van der Waals surface area contributed by atoms with Gasteiger partial charge in [0.15, 0.2) is 11.6 Å². The van der Waals surface area contributed by atoms with Gasteiger partial charge in [-0.2, -0.15) is 18.3 Å². The first-order valence-corrected chi connectivity index (χ1v) is 11.0. The third kappa shape index (κ3) is 4.70. The first kappa shape index (κ1) is 23.9. The summed E-state index contributed by atoms with van der Waals surface area (Å²) in [7, 11) is 0. The fraction of sp³-hybridized carbons (Fsp3) is 0.435. The lowest BCUT2D eigenvalue weighted by atomic mass is 10.0. The number of nitrogens with zero attached hydrogens (tertiary/aromatic N) is 5. The monoisotopic (exact) mass is 479 g/mol. The van der Waals surface area contributed by atoms with E-state index in [9.17, 15) is 18.0 Å². The zero-order valence-electron chi connectivity index (χ0n) is 19.1. The lowest BCUT2D eigenvalue weighted by molar-refractivity contribution is -0.140. The van der Waals surface area contributed by atoms with E-state index < -0.39 is 28.9 Å². The molecule has 0 saturated carbocycles. The molecule has 182 valence electrons. The van der Waals surface area contributed by atoms with Crippen molar-refractivity contribution < 1.29 is 22.3 Å². The topological polar surface area (TPSA) is 65.2 Å². The summed E-state index contributed by atoms with van der Waals surface area (Å²) in [5, 5.41) is 4.19. The molecule has 1 saturated heterocycles. The molecular formula is C23H25F4N5O2. The summed E-state index contributed by atoms with van der Waals surface area (Å²) in [6, 6.07) is 2.26. The quantitative estimate of drug-likeness (QED) is 0.522. The Balaban J connectivity index is 1.84. The van der Waals surface area contributed by atoms with Gasteiger partial charge >= 0.3 is 6.18 Å². The number of alkyl halides is 3. The SMILES string of the molecule is CCn1cc(Cc2c(C)ccn(-c3nc(N4CCO[C@H](C)C4)cc(C(F)(F)F)c3F)c2=O)cn1. The van der Waals surface area contributed by atoms with Crippen LogP contribution >= 0.6 is 0 Å². The number of aryl methyl sites for hydroxylation is 2. The van der Waals surface area contributed by atoms with E-state index in [1.165, 1.54) is 6.20 Å². The predicted molar refractivity (Wildman–Crippen MR) is 118 cm³/mol. The highest BCUT2D eigenvalue weighted by atomic mass is 19.4. The molecule has 0 N–H and O–H groups in total. The fourth-order valence-electron chi connectivity index (χ4n) is 3.98. The van der Waals surface area contributed by atoms with E-state index in [0.29, 0.717) is 43.4 Å². The van der Waals surface area contributed by atoms with Gasteiger partial charge in [-0.1, -0.05) is 0 Å². The lowest BCUT2D eigenvalue weighted by Crippen LogP contribution is -2.42. The maximum Gasteiger partial charge on any atom is 0.419 e. The van der Waals surface area contributed by atoms with Gasteiger partial charge in [0.25, 0.3) is 5.56 Å². The van der Waals surface area contributed by atoms with E-state index in [4.69, 9.17) is 4.74 Å². The Bertz CT molecular complexity index is 1250. The van der Waals surface area contributed by atoms with Crippen LogP contribution in [-0.4, -0.2) is 45.1 Å². The first-order chi connectivity index (χ1) is 16.1. The molecule has 0 amide bonds. The zero-order valence-corrected chi connectivity index (χ0v) is 19.1. The molecule has 3 aromatic rings. The average molecular weight is 479 g/mol. The summed E-state index contributed by atoms with van der Waals surface area (Å²) in [6.45, 7) is 6.99. The van der Waals surface area contributed by atoms with Crippen molar-refractivity contribution in [1.82, 2.24) is 19.3 Å². The van der Waals surface area contributed by atoms with Gasteiger partial charge in [0.05, 0.1) is 24.5 Å². The predicted octanol–water partition coefficient (Wildman–Crippen LogP) is 3.73. The second-order valence-corrected chi connectivity index (χ2v) is 8.32. The Morgan fingerprint density at radius 3 is 2.71 bits per heavy atom. The number of hydrogen-bond donors (Lipinski definition) is 0. The van der Waals surface area contributed by atoms with Crippen LogP contribution in [0.25, 0.3) is 5.82 Å². The fourth-order valence-corrected chi connectivity index (χ4v) is 3.98. The molecule has 4 heterocycles. The molecule has 11 heteroatoms. The largest absolute Gasteiger partial charge is 0.419 e. The van der Waals surface area contributed by atoms with Crippen LogP contribution in [0.15, 0.2) is 35.5 Å². The Morgan fingerprint density at radius 1 is 1.29 bits per heavy atom. The van der Waals surface area contributed by atoms with Crippen molar-refractivity contribution in [3.63, 3.8) is 0 Å². The Labute approximate surface area is 193 Å². The Morgan fingerprint density at radius 2 is 2.06 bits per heavy atom.